The van der Waals surface area contributed by atoms with E-state index >= 15 is 0 Å². The number of benzene rings is 1. The Balaban J connectivity index is 2.66. The Hall–Kier alpha value is -1.84. The molecule has 2 rings (SSSR count). The number of hydrogen-bond donors (Lipinski definition) is 0. The quantitative estimate of drug-likeness (QED) is 0.505. The molecule has 4 nitrogen and oxygen atoms in total. The number of allylic oxidation sites excluding steroid dienone is 1. The minimum absolute atomic E-state index is 0.107. The third-order valence-corrected chi connectivity index (χ3v) is 2.22. The van der Waals surface area contributed by atoms with Crippen LogP contribution in [0.3, 0.4) is 0 Å². The first-order chi connectivity index (χ1) is 6.70. The number of fused-ring (bicyclic) bond motifs is 1. The molecule has 0 aliphatic carbocycles. The Kier molecular flexibility index (Phi) is 1.96. The Bertz CT molecular complexity index is 423. The van der Waals surface area contributed by atoms with Crippen LogP contribution in [0.2, 0.25) is 0 Å². The highest BCUT2D eigenvalue weighted by molar-refractivity contribution is 5.77. The molecule has 1 aliphatic rings. The molecule has 0 radical (unpaired) electrons. The first-order valence-corrected chi connectivity index (χ1v) is 4.27. The summed E-state index contributed by atoms with van der Waals surface area (Å²) >= 11 is 0. The topological polar surface area (TPSA) is 52.4 Å². The van der Waals surface area contributed by atoms with E-state index in [9.17, 15) is 10.1 Å². The Morgan fingerprint density at radius 1 is 1.50 bits per heavy atom. The molecule has 72 valence electrons. The normalized spacial score (nSPS) is 13.9. The van der Waals surface area contributed by atoms with Gasteiger partial charge in [0.25, 0.3) is 5.69 Å². The number of nitrogens with zero attached hydrogens (tertiary/aromatic N) is 1. The maximum absolute atomic E-state index is 10.7. The third-order valence-electron chi connectivity index (χ3n) is 2.22. The molecule has 0 bridgehead atoms. The van der Waals surface area contributed by atoms with Gasteiger partial charge in [-0.1, -0.05) is 6.07 Å². The van der Waals surface area contributed by atoms with Crippen molar-refractivity contribution in [3.63, 3.8) is 0 Å². The van der Waals surface area contributed by atoms with Crippen LogP contribution in [0, 0.1) is 10.1 Å². The van der Waals surface area contributed by atoms with Crippen LogP contribution >= 0.6 is 0 Å². The number of nitro groups is 1. The van der Waals surface area contributed by atoms with Crippen molar-refractivity contribution in [2.45, 2.75) is 6.92 Å². The summed E-state index contributed by atoms with van der Waals surface area (Å²) in [6.07, 6.45) is 1.84. The zero-order chi connectivity index (χ0) is 10.1. The lowest BCUT2D eigenvalue weighted by Gasteiger charge is -2.15. The second-order valence-electron chi connectivity index (χ2n) is 3.11. The van der Waals surface area contributed by atoms with Gasteiger partial charge in [0.2, 0.25) is 0 Å². The number of hydrogen-bond acceptors (Lipinski definition) is 3. The molecule has 4 heteroatoms. The van der Waals surface area contributed by atoms with Crippen LogP contribution in [0.15, 0.2) is 24.3 Å². The fraction of sp³-hybridized carbons (Fsp3) is 0.200. The van der Waals surface area contributed by atoms with Gasteiger partial charge >= 0.3 is 0 Å². The van der Waals surface area contributed by atoms with Crippen LogP contribution in [0.25, 0.3) is 5.57 Å². The predicted octanol–water partition coefficient (Wildman–Crippen LogP) is 2.39. The van der Waals surface area contributed by atoms with Gasteiger partial charge in [0.15, 0.2) is 0 Å². The van der Waals surface area contributed by atoms with Crippen molar-refractivity contribution in [3.8, 4) is 5.75 Å². The minimum atomic E-state index is -0.384. The largest absolute Gasteiger partial charge is 0.489 e. The van der Waals surface area contributed by atoms with Crippen molar-refractivity contribution in [3.05, 3.63) is 40.0 Å². The summed E-state index contributed by atoms with van der Waals surface area (Å²) in [5.41, 5.74) is 1.61. The average Bonchev–Trinajstić information content (AvgIpc) is 2.17. The Morgan fingerprint density at radius 2 is 2.29 bits per heavy atom. The van der Waals surface area contributed by atoms with Gasteiger partial charge in [-0.25, -0.2) is 0 Å². The van der Waals surface area contributed by atoms with Crippen LogP contribution in [0.4, 0.5) is 5.69 Å². The number of nitro benzene ring substituents is 1. The van der Waals surface area contributed by atoms with Gasteiger partial charge in [0.05, 0.1) is 10.5 Å². The van der Waals surface area contributed by atoms with E-state index in [0.717, 1.165) is 5.57 Å². The van der Waals surface area contributed by atoms with Crippen LogP contribution in [0.5, 0.6) is 5.75 Å². The van der Waals surface area contributed by atoms with Crippen molar-refractivity contribution < 1.29 is 9.66 Å². The molecule has 0 fully saturated rings. The molecule has 1 aromatic carbocycles. The smallest absolute Gasteiger partial charge is 0.280 e. The van der Waals surface area contributed by atoms with Gasteiger partial charge < -0.3 is 4.74 Å². The molecule has 0 unspecified atom stereocenters. The van der Waals surface area contributed by atoms with Crippen LogP contribution in [0.1, 0.15) is 12.5 Å². The summed E-state index contributed by atoms with van der Waals surface area (Å²) in [5.74, 6) is 0.596. The van der Waals surface area contributed by atoms with Gasteiger partial charge in [-0.2, -0.15) is 0 Å². The Labute approximate surface area is 81.0 Å². The van der Waals surface area contributed by atoms with Crippen molar-refractivity contribution >= 4 is 11.3 Å². The summed E-state index contributed by atoms with van der Waals surface area (Å²) in [6.45, 7) is 2.34. The van der Waals surface area contributed by atoms with Gasteiger partial charge in [0.1, 0.15) is 12.4 Å². The summed E-state index contributed by atoms with van der Waals surface area (Å²) in [7, 11) is 0. The molecular weight excluding hydrogens is 182 g/mol. The minimum Gasteiger partial charge on any atom is -0.489 e. The highest BCUT2D eigenvalue weighted by Crippen LogP contribution is 2.36. The molecule has 14 heavy (non-hydrogen) atoms. The van der Waals surface area contributed by atoms with Gasteiger partial charge in [-0.15, -0.1) is 0 Å². The van der Waals surface area contributed by atoms with Crippen LogP contribution in [-0.2, 0) is 0 Å². The highest BCUT2D eigenvalue weighted by Gasteiger charge is 2.21. The predicted molar refractivity (Wildman–Crippen MR) is 52.2 cm³/mol. The molecular formula is C10H9NO3. The van der Waals surface area contributed by atoms with Gasteiger partial charge in [-0.05, 0) is 24.6 Å². The van der Waals surface area contributed by atoms with E-state index in [2.05, 4.69) is 0 Å². The van der Waals surface area contributed by atoms with E-state index in [1.54, 1.807) is 12.1 Å². The molecule has 0 atom stereocenters. The maximum Gasteiger partial charge on any atom is 0.280 e. The zero-order valence-electron chi connectivity index (χ0n) is 7.69. The second-order valence-corrected chi connectivity index (χ2v) is 3.11. The molecule has 1 heterocycles. The van der Waals surface area contributed by atoms with E-state index in [-0.39, 0.29) is 10.6 Å². The van der Waals surface area contributed by atoms with E-state index < -0.39 is 0 Å². The summed E-state index contributed by atoms with van der Waals surface area (Å²) in [5, 5.41) is 10.7. The molecule has 1 aliphatic heterocycles. The van der Waals surface area contributed by atoms with Crippen molar-refractivity contribution in [1.82, 2.24) is 0 Å². The van der Waals surface area contributed by atoms with Crippen LogP contribution < -0.4 is 4.74 Å². The van der Waals surface area contributed by atoms with Crippen molar-refractivity contribution in [1.29, 1.82) is 0 Å². The molecule has 0 spiro atoms. The first kappa shape index (κ1) is 8.74. The lowest BCUT2D eigenvalue weighted by molar-refractivity contribution is -0.385. The molecule has 0 saturated carbocycles. The van der Waals surface area contributed by atoms with E-state index in [1.807, 2.05) is 13.0 Å². The molecule has 0 N–H and O–H groups in total. The van der Waals surface area contributed by atoms with E-state index in [4.69, 9.17) is 4.74 Å². The fourth-order valence-corrected chi connectivity index (χ4v) is 1.55. The SMILES string of the molecule is CC1=CCOc2cccc([N+](=O)[O-])c21. The monoisotopic (exact) mass is 191 g/mol. The summed E-state index contributed by atoms with van der Waals surface area (Å²) in [6, 6.07) is 4.87. The average molecular weight is 191 g/mol. The third kappa shape index (κ3) is 1.25. The Morgan fingerprint density at radius 3 is 3.00 bits per heavy atom. The van der Waals surface area contributed by atoms with Crippen molar-refractivity contribution in [2.75, 3.05) is 6.61 Å². The molecule has 1 aromatic rings. The van der Waals surface area contributed by atoms with E-state index in [1.165, 1.54) is 6.07 Å². The lowest BCUT2D eigenvalue weighted by atomic mass is 10.0. The number of rotatable bonds is 1. The molecule has 0 aromatic heterocycles. The zero-order valence-corrected chi connectivity index (χ0v) is 7.69. The fourth-order valence-electron chi connectivity index (χ4n) is 1.55. The lowest BCUT2D eigenvalue weighted by Crippen LogP contribution is -2.05. The van der Waals surface area contributed by atoms with Gasteiger partial charge in [-0.3, -0.25) is 10.1 Å². The van der Waals surface area contributed by atoms with E-state index in [0.29, 0.717) is 17.9 Å². The van der Waals surface area contributed by atoms with Crippen LogP contribution in [-0.4, -0.2) is 11.5 Å². The van der Waals surface area contributed by atoms with Gasteiger partial charge in [0, 0.05) is 6.07 Å². The highest BCUT2D eigenvalue weighted by atomic mass is 16.6. The standard InChI is InChI=1S/C10H9NO3/c1-7-5-6-14-9-4-2-3-8(10(7)9)11(12)13/h2-5H,6H2,1H3. The summed E-state index contributed by atoms with van der Waals surface area (Å²) < 4.78 is 5.30. The molecule has 0 saturated heterocycles. The maximum atomic E-state index is 10.7. The van der Waals surface area contributed by atoms with Crippen molar-refractivity contribution in [2.24, 2.45) is 0 Å². The summed E-state index contributed by atoms with van der Waals surface area (Å²) in [4.78, 5) is 10.4. The second kappa shape index (κ2) is 3.14. The first-order valence-electron chi connectivity index (χ1n) is 4.27. The molecule has 0 amide bonds. The number of ether oxygens (including phenoxy) is 1.